The Kier molecular flexibility index (Phi) is 3.71. The molecule has 1 fully saturated rings. The van der Waals surface area contributed by atoms with Gasteiger partial charge in [0.2, 0.25) is 5.91 Å². The van der Waals surface area contributed by atoms with Gasteiger partial charge in [-0.15, -0.1) is 0 Å². The number of primary amides is 1. The van der Waals surface area contributed by atoms with Gasteiger partial charge in [-0.2, -0.15) is 5.10 Å². The number of rotatable bonds is 5. The third-order valence-electron chi connectivity index (χ3n) is 5.85. The summed E-state index contributed by atoms with van der Waals surface area (Å²) in [5.74, 6) is 1.63. The summed E-state index contributed by atoms with van der Waals surface area (Å²) in [7, 11) is 0. The fourth-order valence-corrected chi connectivity index (χ4v) is 4.25. The first-order chi connectivity index (χ1) is 14.7. The lowest BCUT2D eigenvalue weighted by Gasteiger charge is -2.17. The number of fused-ring (bicyclic) bond motifs is 1. The highest BCUT2D eigenvalue weighted by Gasteiger charge is 2.35. The number of amides is 1. The van der Waals surface area contributed by atoms with Crippen LogP contribution in [0.25, 0.3) is 28.1 Å². The molecule has 0 bridgehead atoms. The van der Waals surface area contributed by atoms with Gasteiger partial charge in [-0.3, -0.25) is 4.79 Å². The zero-order valence-electron chi connectivity index (χ0n) is 16.3. The van der Waals surface area contributed by atoms with E-state index in [0.717, 1.165) is 65.3 Å². The minimum Gasteiger partial charge on any atom is -0.491 e. The zero-order chi connectivity index (χ0) is 20.2. The molecule has 9 nitrogen and oxygen atoms in total. The maximum atomic E-state index is 11.9. The summed E-state index contributed by atoms with van der Waals surface area (Å²) in [6.07, 6.45) is 6.36. The molecule has 1 atom stereocenters. The molecule has 2 aliphatic rings. The number of carbonyl (C=O) groups is 1. The van der Waals surface area contributed by atoms with E-state index in [4.69, 9.17) is 15.5 Å². The molecule has 152 valence electrons. The second-order valence-corrected chi connectivity index (χ2v) is 7.97. The van der Waals surface area contributed by atoms with Crippen molar-refractivity contribution in [2.24, 2.45) is 11.7 Å². The van der Waals surface area contributed by atoms with E-state index in [1.807, 2.05) is 30.5 Å². The SMILES string of the molecule is NC(=O)[C@@H](Nc1cc2c3c(c1)nc(-c1ccn4ncnc4c1)n3CCCO2)C1CC1. The Hall–Kier alpha value is -3.62. The molecule has 1 aromatic carbocycles. The van der Waals surface area contributed by atoms with Crippen molar-refractivity contribution in [2.45, 2.75) is 31.8 Å². The van der Waals surface area contributed by atoms with Gasteiger partial charge in [0.05, 0.1) is 12.1 Å². The maximum Gasteiger partial charge on any atom is 0.240 e. The van der Waals surface area contributed by atoms with Crippen molar-refractivity contribution in [3.63, 3.8) is 0 Å². The molecule has 1 saturated carbocycles. The van der Waals surface area contributed by atoms with Gasteiger partial charge in [-0.05, 0) is 43.4 Å². The monoisotopic (exact) mass is 403 g/mol. The zero-order valence-corrected chi connectivity index (χ0v) is 16.3. The fraction of sp³-hybridized carbons (Fsp3) is 0.333. The largest absolute Gasteiger partial charge is 0.491 e. The molecule has 0 spiro atoms. The fourth-order valence-electron chi connectivity index (χ4n) is 4.25. The number of ether oxygens (including phenoxy) is 1. The summed E-state index contributed by atoms with van der Waals surface area (Å²) in [6.45, 7) is 1.44. The van der Waals surface area contributed by atoms with Crippen molar-refractivity contribution < 1.29 is 9.53 Å². The molecule has 1 aliphatic heterocycles. The molecule has 0 saturated heterocycles. The van der Waals surface area contributed by atoms with Crippen molar-refractivity contribution in [2.75, 3.05) is 11.9 Å². The summed E-state index contributed by atoms with van der Waals surface area (Å²) in [6, 6.07) is 7.54. The number of pyridine rings is 1. The van der Waals surface area contributed by atoms with Crippen LogP contribution >= 0.6 is 0 Å². The molecule has 3 N–H and O–H groups in total. The number of hydrogen-bond acceptors (Lipinski definition) is 6. The second-order valence-electron chi connectivity index (χ2n) is 7.97. The topological polar surface area (TPSA) is 112 Å². The Labute approximate surface area is 171 Å². The first-order valence-electron chi connectivity index (χ1n) is 10.2. The van der Waals surface area contributed by atoms with E-state index in [1.54, 1.807) is 4.52 Å². The van der Waals surface area contributed by atoms with Crippen LogP contribution in [0, 0.1) is 5.92 Å². The first-order valence-corrected chi connectivity index (χ1v) is 10.2. The first kappa shape index (κ1) is 17.3. The predicted molar refractivity (Wildman–Crippen MR) is 111 cm³/mol. The number of nitrogens with two attached hydrogens (primary N) is 1. The molecule has 0 unspecified atom stereocenters. The Morgan fingerprint density at radius 1 is 1.30 bits per heavy atom. The molecule has 4 aromatic rings. The highest BCUT2D eigenvalue weighted by molar-refractivity contribution is 5.91. The maximum absolute atomic E-state index is 11.9. The quantitative estimate of drug-likeness (QED) is 0.528. The van der Waals surface area contributed by atoms with Crippen LogP contribution in [0.3, 0.4) is 0 Å². The number of hydrogen-bond donors (Lipinski definition) is 2. The molecule has 3 aromatic heterocycles. The standard InChI is InChI=1S/C21H21N7O2/c22-20(29)18(12-2-3-12)25-14-9-15-19-16(10-14)30-7-1-5-27(19)21(26-15)13-4-6-28-17(8-13)23-11-24-28/h4,6,8-12,18,25H,1-3,5,7H2,(H2,22,29)/t18-/m0/s1. The summed E-state index contributed by atoms with van der Waals surface area (Å²) < 4.78 is 9.98. The molecule has 9 heteroatoms. The number of benzene rings is 1. The Bertz CT molecular complexity index is 1290. The lowest BCUT2D eigenvalue weighted by atomic mass is 10.1. The van der Waals surface area contributed by atoms with Crippen molar-refractivity contribution in [1.82, 2.24) is 24.1 Å². The van der Waals surface area contributed by atoms with E-state index in [1.165, 1.54) is 6.33 Å². The number of nitrogens with zero attached hydrogens (tertiary/aromatic N) is 5. The van der Waals surface area contributed by atoms with E-state index in [-0.39, 0.29) is 11.9 Å². The molecule has 0 radical (unpaired) electrons. The summed E-state index contributed by atoms with van der Waals surface area (Å²) in [4.78, 5) is 21.1. The van der Waals surface area contributed by atoms with Crippen molar-refractivity contribution >= 4 is 28.3 Å². The Morgan fingerprint density at radius 2 is 2.20 bits per heavy atom. The number of aryl methyl sites for hydroxylation is 1. The average Bonchev–Trinajstić information content (AvgIpc) is 3.40. The van der Waals surface area contributed by atoms with Gasteiger partial charge in [0.15, 0.2) is 5.65 Å². The predicted octanol–water partition coefficient (Wildman–Crippen LogP) is 2.20. The number of carbonyl (C=O) groups excluding carboxylic acids is 1. The Balaban J connectivity index is 1.48. The third-order valence-corrected chi connectivity index (χ3v) is 5.85. The van der Waals surface area contributed by atoms with Crippen LogP contribution in [0.2, 0.25) is 0 Å². The van der Waals surface area contributed by atoms with Crippen molar-refractivity contribution in [3.8, 4) is 17.1 Å². The molecule has 30 heavy (non-hydrogen) atoms. The van der Waals surface area contributed by atoms with Gasteiger partial charge < -0.3 is 20.4 Å². The summed E-state index contributed by atoms with van der Waals surface area (Å²) in [5, 5.41) is 7.48. The van der Waals surface area contributed by atoms with Crippen LogP contribution in [0.4, 0.5) is 5.69 Å². The molecule has 6 rings (SSSR count). The van der Waals surface area contributed by atoms with Gasteiger partial charge in [-0.1, -0.05) is 0 Å². The van der Waals surface area contributed by atoms with Gasteiger partial charge in [0.25, 0.3) is 0 Å². The van der Waals surface area contributed by atoms with Crippen LogP contribution in [0.1, 0.15) is 19.3 Å². The van der Waals surface area contributed by atoms with Gasteiger partial charge in [0, 0.05) is 30.1 Å². The van der Waals surface area contributed by atoms with Crippen LogP contribution in [-0.4, -0.2) is 42.7 Å². The Morgan fingerprint density at radius 3 is 3.03 bits per heavy atom. The number of aromatic nitrogens is 5. The second kappa shape index (κ2) is 6.45. The van der Waals surface area contributed by atoms with Crippen molar-refractivity contribution in [1.29, 1.82) is 0 Å². The van der Waals surface area contributed by atoms with Gasteiger partial charge in [0.1, 0.15) is 29.5 Å². The number of nitrogens with one attached hydrogen (secondary N) is 1. The van der Waals surface area contributed by atoms with E-state index in [0.29, 0.717) is 12.5 Å². The summed E-state index contributed by atoms with van der Waals surface area (Å²) >= 11 is 0. The number of imidazole rings is 1. The molecule has 4 heterocycles. The van der Waals surface area contributed by atoms with Gasteiger partial charge in [-0.25, -0.2) is 14.5 Å². The van der Waals surface area contributed by atoms with Crippen LogP contribution in [0.5, 0.6) is 5.75 Å². The van der Waals surface area contributed by atoms with E-state index in [2.05, 4.69) is 20.0 Å². The highest BCUT2D eigenvalue weighted by Crippen LogP contribution is 2.38. The third kappa shape index (κ3) is 2.77. The van der Waals surface area contributed by atoms with Crippen molar-refractivity contribution in [3.05, 3.63) is 36.8 Å². The average molecular weight is 403 g/mol. The summed E-state index contributed by atoms with van der Waals surface area (Å²) in [5.41, 5.74) is 9.97. The molecular formula is C21H21N7O2. The van der Waals surface area contributed by atoms with E-state index in [9.17, 15) is 4.79 Å². The molecular weight excluding hydrogens is 382 g/mol. The number of anilines is 1. The smallest absolute Gasteiger partial charge is 0.240 e. The minimum absolute atomic E-state index is 0.307. The van der Waals surface area contributed by atoms with E-state index >= 15 is 0 Å². The minimum atomic E-state index is -0.364. The van der Waals surface area contributed by atoms with Crippen LogP contribution in [-0.2, 0) is 11.3 Å². The normalized spacial score (nSPS) is 16.9. The van der Waals surface area contributed by atoms with E-state index < -0.39 is 0 Å². The lowest BCUT2D eigenvalue weighted by molar-refractivity contribution is -0.119. The van der Waals surface area contributed by atoms with Gasteiger partial charge >= 0.3 is 0 Å². The van der Waals surface area contributed by atoms with Crippen LogP contribution < -0.4 is 15.8 Å². The van der Waals surface area contributed by atoms with Crippen LogP contribution in [0.15, 0.2) is 36.8 Å². The highest BCUT2D eigenvalue weighted by atomic mass is 16.5. The lowest BCUT2D eigenvalue weighted by Crippen LogP contribution is -2.37. The molecule has 1 amide bonds. The molecule has 1 aliphatic carbocycles.